The second-order valence-corrected chi connectivity index (χ2v) is 7.92. The third-order valence-electron chi connectivity index (χ3n) is 5.01. The van der Waals surface area contributed by atoms with E-state index in [9.17, 15) is 106 Å². The number of carbonyl (C=O) groups excluding carboxylic acids is 1. The van der Waals surface area contributed by atoms with Crippen molar-refractivity contribution in [2.45, 2.75) is 78.3 Å². The van der Waals surface area contributed by atoms with Crippen molar-refractivity contribution < 1.29 is 120 Å². The minimum absolute atomic E-state index is 0.241. The molecule has 1 N–H and O–H groups in total. The topological polar surface area (TPSA) is 55.8 Å². The maximum absolute atomic E-state index is 13.7. The summed E-state index contributed by atoms with van der Waals surface area (Å²) < 4.78 is 313. The molecule has 0 aromatic heterocycles. The molecule has 0 radical (unpaired) electrons. The Kier molecular flexibility index (Phi) is 10.8. The number of aliphatic hydroxyl groups excluding tert-OH is 1. The van der Waals surface area contributed by atoms with E-state index in [4.69, 9.17) is 5.11 Å². The van der Waals surface area contributed by atoms with Crippen molar-refractivity contribution in [2.75, 3.05) is 6.61 Å². The molecule has 44 heavy (non-hydrogen) atoms. The lowest BCUT2D eigenvalue weighted by Crippen LogP contribution is -2.79. The standard InChI is InChI=1S/C17H9F23O4/c1-2-5(41)44-6(42)3-4-43-17(39,40)14(31,32)13(29,30)12(27,28)11(25,26)10(23,24)9(21,22)8(19,20)7(18,15(33,34)35)16(36,37)38/h2,6,42H,1,3-4H2. The molecule has 0 saturated carbocycles. The van der Waals surface area contributed by atoms with Crippen LogP contribution in [0.25, 0.3) is 0 Å². The molecule has 1 atom stereocenters. The number of halogens is 23. The average molecular weight is 714 g/mol. The summed E-state index contributed by atoms with van der Waals surface area (Å²) in [4.78, 5) is 10.7. The maximum Gasteiger partial charge on any atom is 0.438 e. The zero-order chi connectivity index (χ0) is 36.2. The Bertz CT molecular complexity index is 1030. The lowest BCUT2D eigenvalue weighted by molar-refractivity contribution is -0.489. The first kappa shape index (κ1) is 41.5. The van der Waals surface area contributed by atoms with Crippen LogP contribution in [0.5, 0.6) is 0 Å². The van der Waals surface area contributed by atoms with Crippen LogP contribution in [0.3, 0.4) is 0 Å². The molecule has 0 aromatic carbocycles. The van der Waals surface area contributed by atoms with E-state index in [0.29, 0.717) is 0 Å². The fourth-order valence-electron chi connectivity index (χ4n) is 2.52. The Morgan fingerprint density at radius 1 is 0.568 bits per heavy atom. The minimum atomic E-state index is -9.56. The van der Waals surface area contributed by atoms with Gasteiger partial charge in [-0.2, -0.15) is 96.6 Å². The molecule has 0 saturated heterocycles. The molecule has 0 aliphatic heterocycles. The van der Waals surface area contributed by atoms with Crippen molar-refractivity contribution >= 4 is 5.97 Å². The van der Waals surface area contributed by atoms with Gasteiger partial charge in [-0.15, -0.1) is 0 Å². The van der Waals surface area contributed by atoms with Crippen LogP contribution < -0.4 is 0 Å². The van der Waals surface area contributed by atoms with Crippen molar-refractivity contribution in [3.8, 4) is 0 Å². The van der Waals surface area contributed by atoms with E-state index in [0.717, 1.165) is 0 Å². The molecule has 0 aliphatic rings. The highest BCUT2D eigenvalue weighted by atomic mass is 19.4. The van der Waals surface area contributed by atoms with E-state index in [-0.39, 0.29) is 6.08 Å². The summed E-state index contributed by atoms with van der Waals surface area (Å²) in [5.41, 5.74) is -9.08. The van der Waals surface area contributed by atoms with Gasteiger partial charge in [0, 0.05) is 12.5 Å². The molecule has 27 heteroatoms. The van der Waals surface area contributed by atoms with Crippen LogP contribution in [-0.4, -0.2) is 89.6 Å². The van der Waals surface area contributed by atoms with Gasteiger partial charge in [-0.25, -0.2) is 9.18 Å². The summed E-state index contributed by atoms with van der Waals surface area (Å²) in [6, 6.07) is 0. The van der Waals surface area contributed by atoms with Gasteiger partial charge in [0.1, 0.15) is 0 Å². The summed E-state index contributed by atoms with van der Waals surface area (Å²) in [6.07, 6.45) is -28.7. The van der Waals surface area contributed by atoms with Crippen molar-refractivity contribution in [1.29, 1.82) is 0 Å². The minimum Gasteiger partial charge on any atom is -0.433 e. The summed E-state index contributed by atoms with van der Waals surface area (Å²) >= 11 is 0. The Labute approximate surface area is 225 Å². The number of esters is 1. The fourth-order valence-corrected chi connectivity index (χ4v) is 2.52. The SMILES string of the molecule is C=CC(=O)OC(O)CCOC(F)(F)C(F)(F)C(F)(F)C(F)(F)C(F)(F)C(F)(F)C(F)(F)C(F)(F)C(F)(C(F)(F)F)C(F)(F)F. The number of rotatable bonds is 14. The molecule has 0 spiro atoms. The van der Waals surface area contributed by atoms with E-state index in [1.165, 1.54) is 0 Å². The first-order chi connectivity index (χ1) is 18.8. The largest absolute Gasteiger partial charge is 0.438 e. The first-order valence-corrected chi connectivity index (χ1v) is 9.85. The van der Waals surface area contributed by atoms with E-state index >= 15 is 0 Å². The number of hydrogen-bond acceptors (Lipinski definition) is 4. The maximum atomic E-state index is 13.7. The fraction of sp³-hybridized carbons (Fsp3) is 0.824. The Morgan fingerprint density at radius 2 is 0.864 bits per heavy atom. The summed E-state index contributed by atoms with van der Waals surface area (Å²) in [5.74, 6) is -66.3. The third kappa shape index (κ3) is 5.80. The van der Waals surface area contributed by atoms with Crippen LogP contribution in [0.2, 0.25) is 0 Å². The van der Waals surface area contributed by atoms with E-state index < -0.39 is 90.9 Å². The van der Waals surface area contributed by atoms with Crippen molar-refractivity contribution in [3.05, 3.63) is 12.7 Å². The summed E-state index contributed by atoms with van der Waals surface area (Å²) in [6.45, 7) is 0.355. The monoisotopic (exact) mass is 714 g/mol. The predicted octanol–water partition coefficient (Wildman–Crippen LogP) is 7.31. The molecule has 4 nitrogen and oxygen atoms in total. The van der Waals surface area contributed by atoms with Gasteiger partial charge in [0.2, 0.25) is 6.29 Å². The number of hydrogen-bond donors (Lipinski definition) is 1. The molecule has 262 valence electrons. The van der Waals surface area contributed by atoms with Gasteiger partial charge in [0.05, 0.1) is 6.61 Å². The Hall–Kier alpha value is -2.48. The molecule has 0 aromatic rings. The van der Waals surface area contributed by atoms with Crippen molar-refractivity contribution in [3.63, 3.8) is 0 Å². The Balaban J connectivity index is 6.89. The molecular weight excluding hydrogens is 705 g/mol. The van der Waals surface area contributed by atoms with Crippen molar-refractivity contribution in [1.82, 2.24) is 0 Å². The molecule has 0 aliphatic carbocycles. The highest BCUT2D eigenvalue weighted by Crippen LogP contribution is 2.67. The lowest BCUT2D eigenvalue weighted by Gasteiger charge is -2.45. The first-order valence-electron chi connectivity index (χ1n) is 9.85. The van der Waals surface area contributed by atoms with Crippen LogP contribution >= 0.6 is 0 Å². The number of carbonyl (C=O) groups is 1. The molecule has 0 rings (SSSR count). The predicted molar refractivity (Wildman–Crippen MR) is 88.4 cm³/mol. The van der Waals surface area contributed by atoms with Crippen LogP contribution in [0.15, 0.2) is 12.7 Å². The highest BCUT2D eigenvalue weighted by Gasteiger charge is 3.00. The molecule has 1 unspecified atom stereocenters. The summed E-state index contributed by atoms with van der Waals surface area (Å²) in [5, 5.41) is 8.98. The molecular formula is C17H9F23O4. The van der Waals surface area contributed by atoms with Crippen LogP contribution in [0.4, 0.5) is 101 Å². The lowest BCUT2D eigenvalue weighted by atomic mass is 9.83. The van der Waals surface area contributed by atoms with Crippen LogP contribution in [-0.2, 0) is 14.3 Å². The number of aliphatic hydroxyl groups is 1. The van der Waals surface area contributed by atoms with Gasteiger partial charge in [-0.3, -0.25) is 0 Å². The van der Waals surface area contributed by atoms with Gasteiger partial charge < -0.3 is 14.6 Å². The van der Waals surface area contributed by atoms with Gasteiger partial charge in [0.15, 0.2) is 0 Å². The van der Waals surface area contributed by atoms with Gasteiger partial charge in [0.25, 0.3) is 0 Å². The van der Waals surface area contributed by atoms with Crippen molar-refractivity contribution in [2.24, 2.45) is 0 Å². The number of alkyl halides is 23. The average Bonchev–Trinajstić information content (AvgIpc) is 2.80. The second-order valence-electron chi connectivity index (χ2n) is 7.92. The Morgan fingerprint density at radius 3 is 1.16 bits per heavy atom. The zero-order valence-corrected chi connectivity index (χ0v) is 19.6. The van der Waals surface area contributed by atoms with Gasteiger partial charge in [-0.1, -0.05) is 6.58 Å². The van der Waals surface area contributed by atoms with E-state index in [1.807, 2.05) is 0 Å². The van der Waals surface area contributed by atoms with Crippen LogP contribution in [0, 0.1) is 0 Å². The normalized spacial score (nSPS) is 16.5. The quantitative estimate of drug-likeness (QED) is 0.0888. The van der Waals surface area contributed by atoms with E-state index in [1.54, 1.807) is 0 Å². The second kappa shape index (κ2) is 11.4. The smallest absolute Gasteiger partial charge is 0.433 e. The zero-order valence-electron chi connectivity index (χ0n) is 19.6. The third-order valence-corrected chi connectivity index (χ3v) is 5.01. The molecule has 0 fully saturated rings. The molecule has 0 bridgehead atoms. The van der Waals surface area contributed by atoms with Gasteiger partial charge in [-0.05, 0) is 0 Å². The highest BCUT2D eigenvalue weighted by molar-refractivity contribution is 5.81. The number of ether oxygens (including phenoxy) is 2. The van der Waals surface area contributed by atoms with Gasteiger partial charge >= 0.3 is 71.6 Å². The molecule has 0 heterocycles. The summed E-state index contributed by atoms with van der Waals surface area (Å²) in [7, 11) is 0. The molecule has 0 amide bonds. The van der Waals surface area contributed by atoms with Crippen LogP contribution in [0.1, 0.15) is 6.42 Å². The van der Waals surface area contributed by atoms with E-state index in [2.05, 4.69) is 16.1 Å².